The van der Waals surface area contributed by atoms with Gasteiger partial charge in [-0.3, -0.25) is 0 Å². The number of hydrogen-bond acceptors (Lipinski definition) is 5. The molecule has 3 aromatic rings. The third-order valence-electron chi connectivity index (χ3n) is 4.23. The van der Waals surface area contributed by atoms with Crippen LogP contribution in [0.3, 0.4) is 0 Å². The highest BCUT2D eigenvalue weighted by atomic mass is 35.5. The highest BCUT2D eigenvalue weighted by Crippen LogP contribution is 2.33. The molecule has 1 N–H and O–H groups in total. The van der Waals surface area contributed by atoms with Crippen LogP contribution >= 0.6 is 23.2 Å². The topological polar surface area (TPSA) is 52.6 Å². The minimum absolute atomic E-state index is 0.315. The van der Waals surface area contributed by atoms with Crippen molar-refractivity contribution in [2.24, 2.45) is 0 Å². The number of para-hydroxylation sites is 1. The predicted molar refractivity (Wildman–Crippen MR) is 120 cm³/mol. The van der Waals surface area contributed by atoms with E-state index in [1.54, 1.807) is 18.3 Å². The lowest BCUT2D eigenvalue weighted by atomic mass is 10.1. The Kier molecular flexibility index (Phi) is 8.63. The van der Waals surface area contributed by atoms with E-state index in [0.29, 0.717) is 60.3 Å². The number of pyridine rings is 1. The molecule has 0 radical (unpaired) electrons. The number of nitrogens with zero attached hydrogens (tertiary/aromatic N) is 1. The highest BCUT2D eigenvalue weighted by molar-refractivity contribution is 6.35. The third-order valence-corrected chi connectivity index (χ3v) is 4.82. The molecule has 0 amide bonds. The van der Waals surface area contributed by atoms with Gasteiger partial charge < -0.3 is 19.5 Å². The predicted octanol–water partition coefficient (Wildman–Crippen LogP) is 5.53. The maximum atomic E-state index is 6.28. The molecule has 158 valence electrons. The van der Waals surface area contributed by atoms with E-state index in [4.69, 9.17) is 37.4 Å². The van der Waals surface area contributed by atoms with Crippen LogP contribution in [0.4, 0.5) is 0 Å². The van der Waals surface area contributed by atoms with Crippen molar-refractivity contribution in [1.29, 1.82) is 0 Å². The van der Waals surface area contributed by atoms with Gasteiger partial charge in [-0.2, -0.15) is 0 Å². The summed E-state index contributed by atoms with van der Waals surface area (Å²) in [5.74, 6) is 2.01. The molecular formula is C23H24Cl2N2O3. The zero-order valence-electron chi connectivity index (χ0n) is 16.7. The van der Waals surface area contributed by atoms with E-state index in [2.05, 4.69) is 10.3 Å². The molecule has 0 bridgehead atoms. The minimum Gasteiger partial charge on any atom is -0.490 e. The summed E-state index contributed by atoms with van der Waals surface area (Å²) in [6, 6.07) is 16.8. The fourth-order valence-corrected chi connectivity index (χ4v) is 3.27. The van der Waals surface area contributed by atoms with Gasteiger partial charge in [0.15, 0.2) is 11.5 Å². The Morgan fingerprint density at radius 2 is 1.83 bits per heavy atom. The number of aromatic nitrogens is 1. The van der Waals surface area contributed by atoms with Crippen LogP contribution in [0.5, 0.6) is 17.4 Å². The number of nitrogens with one attached hydrogen (secondary N) is 1. The van der Waals surface area contributed by atoms with Crippen molar-refractivity contribution < 1.29 is 14.2 Å². The fourth-order valence-electron chi connectivity index (χ4n) is 2.81. The van der Waals surface area contributed by atoms with Crippen LogP contribution in [0, 0.1) is 0 Å². The van der Waals surface area contributed by atoms with Gasteiger partial charge in [0.2, 0.25) is 5.88 Å². The average molecular weight is 447 g/mol. The lowest BCUT2D eigenvalue weighted by Gasteiger charge is -2.17. The lowest BCUT2D eigenvalue weighted by Crippen LogP contribution is -2.21. The summed E-state index contributed by atoms with van der Waals surface area (Å²) in [6.07, 6.45) is 1.71. The molecular weight excluding hydrogens is 423 g/mol. The monoisotopic (exact) mass is 446 g/mol. The Bertz CT molecular complexity index is 939. The second-order valence-corrected chi connectivity index (χ2v) is 7.24. The molecule has 0 atom stereocenters. The molecule has 5 nitrogen and oxygen atoms in total. The number of halogens is 2. The lowest BCUT2D eigenvalue weighted by molar-refractivity contribution is 0.265. The summed E-state index contributed by atoms with van der Waals surface area (Å²) in [5.41, 5.74) is 1.85. The van der Waals surface area contributed by atoms with Crippen LogP contribution in [0.15, 0.2) is 60.8 Å². The molecule has 2 aromatic carbocycles. The van der Waals surface area contributed by atoms with Gasteiger partial charge in [-0.15, -0.1) is 0 Å². The van der Waals surface area contributed by atoms with Crippen molar-refractivity contribution in [2.75, 3.05) is 19.8 Å². The van der Waals surface area contributed by atoms with Gasteiger partial charge in [0.1, 0.15) is 13.2 Å². The van der Waals surface area contributed by atoms with Gasteiger partial charge in [-0.1, -0.05) is 47.5 Å². The minimum atomic E-state index is 0.315. The molecule has 0 aliphatic heterocycles. The fraction of sp³-hybridized carbons (Fsp3) is 0.261. The molecule has 30 heavy (non-hydrogen) atoms. The van der Waals surface area contributed by atoms with E-state index >= 15 is 0 Å². The van der Waals surface area contributed by atoms with E-state index in [1.165, 1.54) is 0 Å². The molecule has 0 unspecified atom stereocenters. The van der Waals surface area contributed by atoms with Gasteiger partial charge in [0.25, 0.3) is 0 Å². The molecule has 0 saturated carbocycles. The van der Waals surface area contributed by atoms with Crippen LogP contribution in [0.2, 0.25) is 10.0 Å². The summed E-state index contributed by atoms with van der Waals surface area (Å²) in [6.45, 7) is 4.59. The van der Waals surface area contributed by atoms with Crippen molar-refractivity contribution in [3.8, 4) is 17.4 Å². The smallest absolute Gasteiger partial charge is 0.213 e. The Hall–Kier alpha value is -2.47. The first-order chi connectivity index (χ1) is 14.7. The summed E-state index contributed by atoms with van der Waals surface area (Å²) in [7, 11) is 0. The summed E-state index contributed by atoms with van der Waals surface area (Å²) >= 11 is 12.3. The van der Waals surface area contributed by atoms with Crippen molar-refractivity contribution in [2.45, 2.75) is 20.1 Å². The van der Waals surface area contributed by atoms with Crippen LogP contribution in [0.1, 0.15) is 18.1 Å². The Labute approximate surface area is 186 Å². The molecule has 7 heteroatoms. The summed E-state index contributed by atoms with van der Waals surface area (Å²) in [4.78, 5) is 4.14. The SMILES string of the molecule is CCOc1cccc(CNCCOc2ccccn2)c1OCc1ccc(Cl)cc1Cl. The first-order valence-electron chi connectivity index (χ1n) is 9.73. The summed E-state index contributed by atoms with van der Waals surface area (Å²) in [5, 5.41) is 4.53. The maximum Gasteiger partial charge on any atom is 0.213 e. The Morgan fingerprint density at radius 3 is 2.60 bits per heavy atom. The molecule has 0 saturated heterocycles. The standard InChI is InChI=1S/C23H24Cl2N2O3/c1-2-28-21-7-5-6-17(15-26-12-13-29-22-8-3-4-11-27-22)23(21)30-16-18-9-10-19(24)14-20(18)25/h3-11,14,26H,2,12-13,15-16H2,1H3. The second kappa shape index (κ2) is 11.6. The second-order valence-electron chi connectivity index (χ2n) is 6.40. The molecule has 1 heterocycles. The quantitative estimate of drug-likeness (QED) is 0.392. The van der Waals surface area contributed by atoms with Gasteiger partial charge in [0.05, 0.1) is 6.61 Å². The Morgan fingerprint density at radius 1 is 0.933 bits per heavy atom. The molecule has 1 aromatic heterocycles. The molecule has 0 fully saturated rings. The van der Waals surface area contributed by atoms with E-state index in [-0.39, 0.29) is 0 Å². The van der Waals surface area contributed by atoms with Crippen LogP contribution in [-0.2, 0) is 13.2 Å². The van der Waals surface area contributed by atoms with E-state index in [0.717, 1.165) is 11.1 Å². The zero-order valence-corrected chi connectivity index (χ0v) is 18.2. The van der Waals surface area contributed by atoms with Gasteiger partial charge in [0, 0.05) is 46.5 Å². The van der Waals surface area contributed by atoms with Crippen molar-refractivity contribution in [3.05, 3.63) is 82.0 Å². The molecule has 0 aliphatic carbocycles. The van der Waals surface area contributed by atoms with E-state index in [9.17, 15) is 0 Å². The van der Waals surface area contributed by atoms with Gasteiger partial charge >= 0.3 is 0 Å². The van der Waals surface area contributed by atoms with Gasteiger partial charge in [-0.25, -0.2) is 4.98 Å². The zero-order chi connectivity index (χ0) is 21.2. The normalized spacial score (nSPS) is 10.6. The third kappa shape index (κ3) is 6.52. The molecule has 3 rings (SSSR count). The van der Waals surface area contributed by atoms with Crippen molar-refractivity contribution >= 4 is 23.2 Å². The average Bonchev–Trinajstić information content (AvgIpc) is 2.75. The molecule has 0 aliphatic rings. The first-order valence-corrected chi connectivity index (χ1v) is 10.5. The van der Waals surface area contributed by atoms with E-state index < -0.39 is 0 Å². The van der Waals surface area contributed by atoms with Crippen LogP contribution in [-0.4, -0.2) is 24.7 Å². The first kappa shape index (κ1) is 22.2. The Balaban J connectivity index is 1.61. The summed E-state index contributed by atoms with van der Waals surface area (Å²) < 4.78 is 17.5. The largest absolute Gasteiger partial charge is 0.490 e. The van der Waals surface area contributed by atoms with Crippen LogP contribution < -0.4 is 19.5 Å². The van der Waals surface area contributed by atoms with Crippen molar-refractivity contribution in [1.82, 2.24) is 10.3 Å². The van der Waals surface area contributed by atoms with Gasteiger partial charge in [-0.05, 0) is 31.2 Å². The van der Waals surface area contributed by atoms with E-state index in [1.807, 2.05) is 49.4 Å². The highest BCUT2D eigenvalue weighted by Gasteiger charge is 2.12. The van der Waals surface area contributed by atoms with Crippen LogP contribution in [0.25, 0.3) is 0 Å². The molecule has 0 spiro atoms. The number of hydrogen-bond donors (Lipinski definition) is 1. The number of ether oxygens (including phenoxy) is 3. The maximum absolute atomic E-state index is 6.28. The van der Waals surface area contributed by atoms with Crippen molar-refractivity contribution in [3.63, 3.8) is 0 Å². The number of benzene rings is 2. The number of rotatable bonds is 11.